The molecule has 3 amide bonds. The van der Waals surface area contributed by atoms with Gasteiger partial charge in [-0.1, -0.05) is 0 Å². The number of carbonyl (C=O) groups excluding carboxylic acids is 2. The number of aliphatic carboxylic acids is 1. The molecule has 2 fully saturated rings. The van der Waals surface area contributed by atoms with E-state index in [4.69, 9.17) is 5.11 Å². The summed E-state index contributed by atoms with van der Waals surface area (Å²) in [6.45, 7) is 1.39. The summed E-state index contributed by atoms with van der Waals surface area (Å²) < 4.78 is 0. The van der Waals surface area contributed by atoms with Crippen LogP contribution in [0.4, 0.5) is 4.79 Å². The number of nitrogens with zero attached hydrogens (tertiary/aromatic N) is 1. The summed E-state index contributed by atoms with van der Waals surface area (Å²) in [4.78, 5) is 36.1. The van der Waals surface area contributed by atoms with Gasteiger partial charge in [0.15, 0.2) is 0 Å². The van der Waals surface area contributed by atoms with Gasteiger partial charge in [-0.25, -0.2) is 9.59 Å². The van der Waals surface area contributed by atoms with Crippen LogP contribution in [0.2, 0.25) is 0 Å². The molecule has 0 aromatic heterocycles. The van der Waals surface area contributed by atoms with Gasteiger partial charge in [0.05, 0.1) is 6.54 Å². The van der Waals surface area contributed by atoms with E-state index in [9.17, 15) is 14.4 Å². The topological polar surface area (TPSA) is 98.7 Å². The van der Waals surface area contributed by atoms with E-state index in [1.165, 1.54) is 0 Å². The van der Waals surface area contributed by atoms with Crippen molar-refractivity contribution >= 4 is 17.9 Å². The summed E-state index contributed by atoms with van der Waals surface area (Å²) in [5.41, 5.74) is -1.14. The Balaban J connectivity index is 1.75. The highest BCUT2D eigenvalue weighted by atomic mass is 16.4. The normalized spacial score (nSPS) is 20.5. The minimum absolute atomic E-state index is 0.0818. The predicted molar refractivity (Wildman–Crippen MR) is 66.6 cm³/mol. The van der Waals surface area contributed by atoms with E-state index in [1.807, 2.05) is 0 Å². The zero-order valence-corrected chi connectivity index (χ0v) is 10.8. The average Bonchev–Trinajstić information content (AvgIpc) is 2.84. The van der Waals surface area contributed by atoms with E-state index in [2.05, 4.69) is 10.6 Å². The molecule has 0 atom stereocenters. The Bertz CT molecular complexity index is 386. The van der Waals surface area contributed by atoms with Crippen LogP contribution in [0.5, 0.6) is 0 Å². The Morgan fingerprint density at radius 2 is 1.74 bits per heavy atom. The average molecular weight is 269 g/mol. The molecule has 2 aliphatic rings. The quantitative estimate of drug-likeness (QED) is 0.664. The van der Waals surface area contributed by atoms with Crippen LogP contribution in [0.25, 0.3) is 0 Å². The van der Waals surface area contributed by atoms with Gasteiger partial charge in [0.25, 0.3) is 0 Å². The standard InChI is InChI=1S/C12H19N3O4/c16-9(15-6-1-2-7-15)8-13-11(19)14-12(10(17)18)4-3-5-12/h1-8H2,(H,17,18)(H2,13,14,19). The molecule has 7 nitrogen and oxygen atoms in total. The lowest BCUT2D eigenvalue weighted by atomic mass is 9.77. The summed E-state index contributed by atoms with van der Waals surface area (Å²) in [7, 11) is 0. The molecule has 2 rings (SSSR count). The van der Waals surface area contributed by atoms with Crippen LogP contribution in [-0.4, -0.2) is 53.1 Å². The lowest BCUT2D eigenvalue weighted by Crippen LogP contribution is -2.61. The third kappa shape index (κ3) is 2.97. The first-order chi connectivity index (χ1) is 9.03. The number of carbonyl (C=O) groups is 3. The molecule has 1 aliphatic heterocycles. The first kappa shape index (κ1) is 13.6. The number of hydrogen-bond donors (Lipinski definition) is 3. The van der Waals surface area contributed by atoms with E-state index in [0.29, 0.717) is 12.8 Å². The van der Waals surface area contributed by atoms with Crippen LogP contribution in [-0.2, 0) is 9.59 Å². The second-order valence-electron chi connectivity index (χ2n) is 5.14. The Kier molecular flexibility index (Phi) is 3.92. The summed E-state index contributed by atoms with van der Waals surface area (Å²) in [6, 6.07) is -0.588. The van der Waals surface area contributed by atoms with E-state index in [0.717, 1.165) is 32.4 Å². The molecule has 1 saturated carbocycles. The number of rotatable bonds is 4. The monoisotopic (exact) mass is 269 g/mol. The molecule has 0 unspecified atom stereocenters. The fourth-order valence-corrected chi connectivity index (χ4v) is 2.42. The van der Waals surface area contributed by atoms with Gasteiger partial charge in [0.1, 0.15) is 5.54 Å². The molecular formula is C12H19N3O4. The third-order valence-electron chi connectivity index (χ3n) is 3.83. The van der Waals surface area contributed by atoms with Crippen LogP contribution in [0.1, 0.15) is 32.1 Å². The Labute approximate surface area is 111 Å². The van der Waals surface area contributed by atoms with E-state index in [1.54, 1.807) is 4.90 Å². The van der Waals surface area contributed by atoms with Crippen molar-refractivity contribution in [3.63, 3.8) is 0 Å². The van der Waals surface area contributed by atoms with Gasteiger partial charge in [0.2, 0.25) is 5.91 Å². The highest BCUT2D eigenvalue weighted by molar-refractivity contribution is 5.89. The van der Waals surface area contributed by atoms with Crippen molar-refractivity contribution in [2.24, 2.45) is 0 Å². The maximum Gasteiger partial charge on any atom is 0.329 e. The van der Waals surface area contributed by atoms with Gasteiger partial charge in [-0.3, -0.25) is 4.79 Å². The zero-order chi connectivity index (χ0) is 13.9. The molecular weight excluding hydrogens is 250 g/mol. The van der Waals surface area contributed by atoms with Crippen molar-refractivity contribution in [2.75, 3.05) is 19.6 Å². The maximum atomic E-state index is 11.7. The Morgan fingerprint density at radius 3 is 2.21 bits per heavy atom. The number of amides is 3. The first-order valence-corrected chi connectivity index (χ1v) is 6.61. The van der Waals surface area contributed by atoms with Crippen LogP contribution in [0, 0.1) is 0 Å². The van der Waals surface area contributed by atoms with Gasteiger partial charge >= 0.3 is 12.0 Å². The summed E-state index contributed by atoms with van der Waals surface area (Å²) in [6.07, 6.45) is 3.67. The largest absolute Gasteiger partial charge is 0.480 e. The molecule has 0 aromatic rings. The minimum Gasteiger partial charge on any atom is -0.480 e. The van der Waals surface area contributed by atoms with Crippen molar-refractivity contribution in [2.45, 2.75) is 37.6 Å². The number of urea groups is 1. The molecule has 1 heterocycles. The molecule has 1 aliphatic carbocycles. The molecule has 0 radical (unpaired) electrons. The summed E-state index contributed by atoms with van der Waals surface area (Å²) >= 11 is 0. The SMILES string of the molecule is O=C(NCC(=O)N1CCCC1)NC1(C(=O)O)CCC1. The molecule has 3 N–H and O–H groups in total. The lowest BCUT2D eigenvalue weighted by Gasteiger charge is -2.38. The van der Waals surface area contributed by atoms with Gasteiger partial charge in [0, 0.05) is 13.1 Å². The second kappa shape index (κ2) is 5.46. The van der Waals surface area contributed by atoms with Gasteiger partial charge in [-0.2, -0.15) is 0 Å². The highest BCUT2D eigenvalue weighted by Gasteiger charge is 2.45. The first-order valence-electron chi connectivity index (χ1n) is 6.61. The predicted octanol–water partition coefficient (Wildman–Crippen LogP) is -0.0847. The molecule has 7 heteroatoms. The van der Waals surface area contributed by atoms with Crippen LogP contribution < -0.4 is 10.6 Å². The number of likely N-dealkylation sites (tertiary alicyclic amines) is 1. The smallest absolute Gasteiger partial charge is 0.329 e. The minimum atomic E-state index is -1.14. The summed E-state index contributed by atoms with van der Waals surface area (Å²) in [5.74, 6) is -1.13. The lowest BCUT2D eigenvalue weighted by molar-refractivity contribution is -0.148. The number of carboxylic acids is 1. The van der Waals surface area contributed by atoms with Crippen molar-refractivity contribution in [3.05, 3.63) is 0 Å². The van der Waals surface area contributed by atoms with Crippen molar-refractivity contribution in [1.82, 2.24) is 15.5 Å². The molecule has 1 saturated heterocycles. The number of hydrogen-bond acceptors (Lipinski definition) is 3. The van der Waals surface area contributed by atoms with Crippen LogP contribution in [0.15, 0.2) is 0 Å². The van der Waals surface area contributed by atoms with Gasteiger partial charge in [-0.05, 0) is 32.1 Å². The molecule has 0 spiro atoms. The number of nitrogens with one attached hydrogen (secondary N) is 2. The van der Waals surface area contributed by atoms with Crippen molar-refractivity contribution in [1.29, 1.82) is 0 Å². The second-order valence-corrected chi connectivity index (χ2v) is 5.14. The van der Waals surface area contributed by atoms with E-state index >= 15 is 0 Å². The van der Waals surface area contributed by atoms with Crippen molar-refractivity contribution in [3.8, 4) is 0 Å². The van der Waals surface area contributed by atoms with Crippen LogP contribution >= 0.6 is 0 Å². The molecule has 0 bridgehead atoms. The number of carboxylic acid groups (broad SMARTS) is 1. The Morgan fingerprint density at radius 1 is 1.11 bits per heavy atom. The highest BCUT2D eigenvalue weighted by Crippen LogP contribution is 2.31. The van der Waals surface area contributed by atoms with Crippen LogP contribution in [0.3, 0.4) is 0 Å². The Hall–Kier alpha value is -1.79. The van der Waals surface area contributed by atoms with Gasteiger partial charge < -0.3 is 20.6 Å². The fraction of sp³-hybridized carbons (Fsp3) is 0.750. The van der Waals surface area contributed by atoms with Gasteiger partial charge in [-0.15, -0.1) is 0 Å². The zero-order valence-electron chi connectivity index (χ0n) is 10.8. The molecule has 19 heavy (non-hydrogen) atoms. The maximum absolute atomic E-state index is 11.7. The third-order valence-corrected chi connectivity index (χ3v) is 3.83. The van der Waals surface area contributed by atoms with Crippen molar-refractivity contribution < 1.29 is 19.5 Å². The van der Waals surface area contributed by atoms with E-state index in [-0.39, 0.29) is 12.5 Å². The fourth-order valence-electron chi connectivity index (χ4n) is 2.42. The molecule has 106 valence electrons. The van der Waals surface area contributed by atoms with E-state index < -0.39 is 17.5 Å². The molecule has 0 aromatic carbocycles. The summed E-state index contributed by atoms with van der Waals surface area (Å²) in [5, 5.41) is 14.0.